The zero-order valence-electron chi connectivity index (χ0n) is 17.3. The molecule has 0 heterocycles. The summed E-state index contributed by atoms with van der Waals surface area (Å²) in [5.74, 6) is 1.02. The molecule has 3 aromatic carbocycles. The number of benzene rings is 3. The van der Waals surface area contributed by atoms with E-state index in [2.05, 4.69) is 16.0 Å². The molecular weight excluding hydrogens is 394 g/mol. The molecule has 0 bridgehead atoms. The molecule has 0 fully saturated rings. The SMILES string of the molecule is CC(=O)Nc1ccc(NCC(=O)Nc2ccccc2OCCOc2ccccc2)cc1. The van der Waals surface area contributed by atoms with Crippen molar-refractivity contribution in [2.75, 3.05) is 35.7 Å². The van der Waals surface area contributed by atoms with E-state index in [0.29, 0.717) is 30.3 Å². The molecule has 0 spiro atoms. The van der Waals surface area contributed by atoms with Gasteiger partial charge in [0.2, 0.25) is 11.8 Å². The van der Waals surface area contributed by atoms with Crippen LogP contribution in [0.5, 0.6) is 11.5 Å². The summed E-state index contributed by atoms with van der Waals surface area (Å²) in [6, 6.07) is 23.9. The minimum Gasteiger partial charge on any atom is -0.490 e. The fourth-order valence-electron chi connectivity index (χ4n) is 2.78. The Kier molecular flexibility index (Phi) is 7.88. The molecule has 31 heavy (non-hydrogen) atoms. The van der Waals surface area contributed by atoms with Crippen LogP contribution in [0, 0.1) is 0 Å². The molecular formula is C24H25N3O4. The van der Waals surface area contributed by atoms with E-state index in [1.165, 1.54) is 6.92 Å². The summed E-state index contributed by atoms with van der Waals surface area (Å²) in [4.78, 5) is 23.4. The molecule has 0 unspecified atom stereocenters. The Labute approximate surface area is 181 Å². The van der Waals surface area contributed by atoms with Crippen LogP contribution in [0.3, 0.4) is 0 Å². The number of hydrogen-bond donors (Lipinski definition) is 3. The highest BCUT2D eigenvalue weighted by atomic mass is 16.5. The number of para-hydroxylation sites is 3. The molecule has 7 nitrogen and oxygen atoms in total. The number of hydrogen-bond acceptors (Lipinski definition) is 5. The van der Waals surface area contributed by atoms with Gasteiger partial charge >= 0.3 is 0 Å². The van der Waals surface area contributed by atoms with E-state index in [-0.39, 0.29) is 18.4 Å². The molecule has 0 aliphatic carbocycles. The van der Waals surface area contributed by atoms with E-state index in [0.717, 1.165) is 11.4 Å². The summed E-state index contributed by atoms with van der Waals surface area (Å²) in [6.45, 7) is 2.28. The third-order valence-corrected chi connectivity index (χ3v) is 4.17. The van der Waals surface area contributed by atoms with E-state index in [1.54, 1.807) is 36.4 Å². The summed E-state index contributed by atoms with van der Waals surface area (Å²) in [5.41, 5.74) is 2.06. The van der Waals surface area contributed by atoms with Gasteiger partial charge in [0, 0.05) is 18.3 Å². The van der Waals surface area contributed by atoms with Gasteiger partial charge in [-0.15, -0.1) is 0 Å². The molecule has 3 rings (SSSR count). The van der Waals surface area contributed by atoms with Gasteiger partial charge in [-0.25, -0.2) is 0 Å². The van der Waals surface area contributed by atoms with Crippen LogP contribution >= 0.6 is 0 Å². The molecule has 3 aromatic rings. The van der Waals surface area contributed by atoms with Gasteiger partial charge in [-0.3, -0.25) is 9.59 Å². The highest BCUT2D eigenvalue weighted by molar-refractivity contribution is 5.95. The number of rotatable bonds is 10. The molecule has 0 aliphatic rings. The van der Waals surface area contributed by atoms with E-state index >= 15 is 0 Å². The summed E-state index contributed by atoms with van der Waals surface area (Å²) < 4.78 is 11.4. The standard InChI is InChI=1S/C24H25N3O4/c1-18(28)26-20-13-11-19(12-14-20)25-17-24(29)27-22-9-5-6-10-23(22)31-16-15-30-21-7-3-2-4-8-21/h2-14,25H,15-17H2,1H3,(H,26,28)(H,27,29). The molecule has 0 saturated heterocycles. The highest BCUT2D eigenvalue weighted by Gasteiger charge is 2.08. The van der Waals surface area contributed by atoms with Gasteiger partial charge in [-0.1, -0.05) is 30.3 Å². The Balaban J connectivity index is 1.45. The van der Waals surface area contributed by atoms with Crippen molar-refractivity contribution in [1.82, 2.24) is 0 Å². The predicted octanol–water partition coefficient (Wildman–Crippen LogP) is 4.15. The van der Waals surface area contributed by atoms with Gasteiger partial charge in [0.1, 0.15) is 24.7 Å². The van der Waals surface area contributed by atoms with Gasteiger partial charge in [-0.05, 0) is 48.5 Å². The van der Waals surface area contributed by atoms with Gasteiger partial charge in [0.05, 0.1) is 12.2 Å². The molecule has 7 heteroatoms. The molecule has 0 saturated carbocycles. The highest BCUT2D eigenvalue weighted by Crippen LogP contribution is 2.23. The van der Waals surface area contributed by atoms with Crippen LogP contribution in [-0.2, 0) is 9.59 Å². The van der Waals surface area contributed by atoms with Crippen LogP contribution in [0.1, 0.15) is 6.92 Å². The summed E-state index contributed by atoms with van der Waals surface area (Å²) in [6.07, 6.45) is 0. The third kappa shape index (κ3) is 7.40. The Morgan fingerprint density at radius 3 is 2.13 bits per heavy atom. The van der Waals surface area contributed by atoms with Crippen LogP contribution in [-0.4, -0.2) is 31.6 Å². The topological polar surface area (TPSA) is 88.7 Å². The first-order valence-electron chi connectivity index (χ1n) is 9.91. The lowest BCUT2D eigenvalue weighted by Gasteiger charge is -2.13. The van der Waals surface area contributed by atoms with Crippen molar-refractivity contribution in [3.63, 3.8) is 0 Å². The normalized spacial score (nSPS) is 10.1. The minimum absolute atomic E-state index is 0.0882. The van der Waals surface area contributed by atoms with Gasteiger partial charge in [0.25, 0.3) is 0 Å². The fourth-order valence-corrected chi connectivity index (χ4v) is 2.78. The lowest BCUT2D eigenvalue weighted by atomic mass is 10.2. The van der Waals surface area contributed by atoms with Gasteiger partial charge in [0.15, 0.2) is 0 Å². The molecule has 0 radical (unpaired) electrons. The Bertz CT molecular complexity index is 991. The van der Waals surface area contributed by atoms with E-state index in [1.807, 2.05) is 42.5 Å². The fraction of sp³-hybridized carbons (Fsp3) is 0.167. The van der Waals surface area contributed by atoms with Crippen molar-refractivity contribution >= 4 is 28.9 Å². The van der Waals surface area contributed by atoms with Gasteiger partial charge in [-0.2, -0.15) is 0 Å². The first-order valence-corrected chi connectivity index (χ1v) is 9.91. The van der Waals surface area contributed by atoms with E-state index in [4.69, 9.17) is 9.47 Å². The predicted molar refractivity (Wildman–Crippen MR) is 122 cm³/mol. The van der Waals surface area contributed by atoms with Crippen LogP contribution in [0.4, 0.5) is 17.1 Å². The number of carbonyl (C=O) groups is 2. The van der Waals surface area contributed by atoms with Crippen molar-refractivity contribution in [2.24, 2.45) is 0 Å². The minimum atomic E-state index is -0.206. The van der Waals surface area contributed by atoms with Crippen LogP contribution in [0.15, 0.2) is 78.9 Å². The summed E-state index contributed by atoms with van der Waals surface area (Å²) in [7, 11) is 0. The average molecular weight is 419 g/mol. The summed E-state index contributed by atoms with van der Waals surface area (Å²) in [5, 5.41) is 8.60. The lowest BCUT2D eigenvalue weighted by molar-refractivity contribution is -0.115. The number of carbonyl (C=O) groups excluding carboxylic acids is 2. The molecule has 0 aromatic heterocycles. The molecule has 0 aliphatic heterocycles. The number of amides is 2. The first-order chi connectivity index (χ1) is 15.1. The Morgan fingerprint density at radius 2 is 1.39 bits per heavy atom. The maximum Gasteiger partial charge on any atom is 0.243 e. The number of anilines is 3. The van der Waals surface area contributed by atoms with Crippen LogP contribution in [0.2, 0.25) is 0 Å². The van der Waals surface area contributed by atoms with Crippen molar-refractivity contribution < 1.29 is 19.1 Å². The van der Waals surface area contributed by atoms with E-state index in [9.17, 15) is 9.59 Å². The average Bonchev–Trinajstić information content (AvgIpc) is 2.77. The largest absolute Gasteiger partial charge is 0.490 e. The second kappa shape index (κ2) is 11.3. The van der Waals surface area contributed by atoms with Crippen molar-refractivity contribution in [3.8, 4) is 11.5 Å². The van der Waals surface area contributed by atoms with Crippen LogP contribution in [0.25, 0.3) is 0 Å². The second-order valence-corrected chi connectivity index (χ2v) is 6.67. The summed E-state index contributed by atoms with van der Waals surface area (Å²) >= 11 is 0. The lowest BCUT2D eigenvalue weighted by Crippen LogP contribution is -2.22. The quantitative estimate of drug-likeness (QED) is 0.430. The van der Waals surface area contributed by atoms with Crippen molar-refractivity contribution in [3.05, 3.63) is 78.9 Å². The molecule has 2 amide bonds. The third-order valence-electron chi connectivity index (χ3n) is 4.17. The maximum absolute atomic E-state index is 12.4. The first kappa shape index (κ1) is 21.7. The van der Waals surface area contributed by atoms with Crippen molar-refractivity contribution in [1.29, 1.82) is 0 Å². The molecule has 0 atom stereocenters. The molecule has 160 valence electrons. The Hall–Kier alpha value is -4.00. The number of nitrogens with one attached hydrogen (secondary N) is 3. The zero-order valence-corrected chi connectivity index (χ0v) is 17.3. The van der Waals surface area contributed by atoms with Crippen molar-refractivity contribution in [2.45, 2.75) is 6.92 Å². The van der Waals surface area contributed by atoms with Crippen LogP contribution < -0.4 is 25.4 Å². The second-order valence-electron chi connectivity index (χ2n) is 6.67. The van der Waals surface area contributed by atoms with E-state index < -0.39 is 0 Å². The Morgan fingerprint density at radius 1 is 0.742 bits per heavy atom. The smallest absolute Gasteiger partial charge is 0.243 e. The van der Waals surface area contributed by atoms with Gasteiger partial charge < -0.3 is 25.4 Å². The maximum atomic E-state index is 12.4. The zero-order chi connectivity index (χ0) is 21.9. The monoisotopic (exact) mass is 419 g/mol. The molecule has 3 N–H and O–H groups in total. The number of ether oxygens (including phenoxy) is 2.